The molecule has 2 N–H and O–H groups in total. The monoisotopic (exact) mass is 449 g/mol. The summed E-state index contributed by atoms with van der Waals surface area (Å²) in [5, 5.41) is 3.15. The van der Waals surface area contributed by atoms with Crippen LogP contribution in [0.25, 0.3) is 27.7 Å². The summed E-state index contributed by atoms with van der Waals surface area (Å²) in [5.41, 5.74) is 1.93. The van der Waals surface area contributed by atoms with E-state index in [1.54, 1.807) is 48.8 Å². The fourth-order valence-corrected chi connectivity index (χ4v) is 4.63. The third kappa shape index (κ3) is 3.22. The number of hydrogen-bond donors (Lipinski definition) is 2. The largest absolute Gasteiger partial charge is 0.359 e. The summed E-state index contributed by atoms with van der Waals surface area (Å²) >= 11 is 6.70. The predicted molar refractivity (Wildman–Crippen MR) is 119 cm³/mol. The normalized spacial score (nSPS) is 16.4. The van der Waals surface area contributed by atoms with Crippen LogP contribution in [0.1, 0.15) is 24.3 Å². The number of benzene rings is 2. The number of imide groups is 1. The fourth-order valence-electron chi connectivity index (χ4n) is 4.28. The molecule has 5 rings (SSSR count). The van der Waals surface area contributed by atoms with Crippen molar-refractivity contribution in [1.29, 1.82) is 0 Å². The number of nitrogens with one attached hydrogen (secondary N) is 2. The van der Waals surface area contributed by atoms with Crippen molar-refractivity contribution in [3.8, 4) is 16.8 Å². The lowest BCUT2D eigenvalue weighted by Crippen LogP contribution is -2.39. The number of halogens is 2. The van der Waals surface area contributed by atoms with Crippen molar-refractivity contribution >= 4 is 34.3 Å². The van der Waals surface area contributed by atoms with E-state index in [1.807, 2.05) is 0 Å². The molecule has 2 aromatic heterocycles. The van der Waals surface area contributed by atoms with Gasteiger partial charge in [0.05, 0.1) is 22.1 Å². The minimum Gasteiger partial charge on any atom is -0.359 e. The van der Waals surface area contributed by atoms with Crippen LogP contribution >= 0.6 is 11.6 Å². The van der Waals surface area contributed by atoms with Crippen molar-refractivity contribution in [2.24, 2.45) is 0 Å². The van der Waals surface area contributed by atoms with Gasteiger partial charge in [-0.2, -0.15) is 0 Å². The van der Waals surface area contributed by atoms with Crippen LogP contribution < -0.4 is 10.9 Å². The van der Waals surface area contributed by atoms with E-state index in [0.717, 1.165) is 0 Å². The smallest absolute Gasteiger partial charge is 0.255 e. The van der Waals surface area contributed by atoms with Gasteiger partial charge in [-0.1, -0.05) is 35.9 Å². The number of H-pyrrole nitrogens is 1. The van der Waals surface area contributed by atoms with Gasteiger partial charge in [-0.15, -0.1) is 0 Å². The average Bonchev–Trinajstić information content (AvgIpc) is 3.25. The van der Waals surface area contributed by atoms with E-state index >= 15 is 4.39 Å². The Morgan fingerprint density at radius 1 is 1.06 bits per heavy atom. The minimum absolute atomic E-state index is 0.216. The lowest BCUT2D eigenvalue weighted by molar-refractivity contribution is -0.134. The quantitative estimate of drug-likeness (QED) is 0.457. The Balaban J connectivity index is 1.70. The maximum absolute atomic E-state index is 15.5. The van der Waals surface area contributed by atoms with Gasteiger partial charge in [-0.05, 0) is 24.1 Å². The van der Waals surface area contributed by atoms with Crippen LogP contribution in [0.15, 0.2) is 65.7 Å². The molecule has 4 aromatic rings. The molecule has 160 valence electrons. The van der Waals surface area contributed by atoms with E-state index in [9.17, 15) is 14.4 Å². The highest BCUT2D eigenvalue weighted by molar-refractivity contribution is 6.35. The highest BCUT2D eigenvalue weighted by Gasteiger charge is 2.30. The average molecular weight is 450 g/mol. The van der Waals surface area contributed by atoms with Gasteiger partial charge in [0, 0.05) is 47.5 Å². The molecule has 0 bridgehead atoms. The van der Waals surface area contributed by atoms with Crippen LogP contribution in [0, 0.1) is 5.82 Å². The first-order valence-electron chi connectivity index (χ1n) is 10.1. The number of carbonyl (C=O) groups is 2. The molecule has 1 aliphatic rings. The summed E-state index contributed by atoms with van der Waals surface area (Å²) < 4.78 is 16.9. The number of carbonyl (C=O) groups excluding carboxylic acids is 2. The van der Waals surface area contributed by atoms with Gasteiger partial charge in [0.25, 0.3) is 5.56 Å². The number of rotatable bonds is 3. The molecule has 32 heavy (non-hydrogen) atoms. The van der Waals surface area contributed by atoms with Crippen molar-refractivity contribution in [2.75, 3.05) is 0 Å². The Morgan fingerprint density at radius 3 is 2.69 bits per heavy atom. The van der Waals surface area contributed by atoms with Gasteiger partial charge in [-0.3, -0.25) is 24.3 Å². The van der Waals surface area contributed by atoms with Crippen LogP contribution in [0.4, 0.5) is 4.39 Å². The van der Waals surface area contributed by atoms with Gasteiger partial charge in [-0.25, -0.2) is 4.39 Å². The van der Waals surface area contributed by atoms with E-state index in [-0.39, 0.29) is 28.5 Å². The third-order valence-corrected chi connectivity index (χ3v) is 6.19. The van der Waals surface area contributed by atoms with E-state index in [1.165, 1.54) is 16.7 Å². The first-order valence-corrected chi connectivity index (χ1v) is 10.4. The summed E-state index contributed by atoms with van der Waals surface area (Å²) in [5.74, 6) is -1.87. The van der Waals surface area contributed by atoms with E-state index in [2.05, 4.69) is 10.3 Å². The maximum Gasteiger partial charge on any atom is 0.255 e. The second-order valence-corrected chi connectivity index (χ2v) is 8.02. The maximum atomic E-state index is 15.5. The molecule has 8 heteroatoms. The van der Waals surface area contributed by atoms with Gasteiger partial charge >= 0.3 is 0 Å². The molecule has 0 spiro atoms. The van der Waals surface area contributed by atoms with E-state index in [0.29, 0.717) is 34.1 Å². The number of pyridine rings is 1. The van der Waals surface area contributed by atoms with Crippen molar-refractivity contribution in [2.45, 2.75) is 18.8 Å². The molecular weight excluding hydrogens is 433 g/mol. The van der Waals surface area contributed by atoms with Gasteiger partial charge in [0.2, 0.25) is 11.8 Å². The first kappa shape index (κ1) is 20.2. The topological polar surface area (TPSA) is 84.0 Å². The molecule has 1 saturated heterocycles. The highest BCUT2D eigenvalue weighted by atomic mass is 35.5. The molecule has 0 saturated carbocycles. The Hall–Kier alpha value is -3.71. The summed E-state index contributed by atoms with van der Waals surface area (Å²) in [7, 11) is 0. The molecular formula is C24H17ClFN3O3. The van der Waals surface area contributed by atoms with Crippen LogP contribution in [-0.4, -0.2) is 21.4 Å². The number of amides is 2. The second-order valence-electron chi connectivity index (χ2n) is 7.64. The number of aromatic amines is 1. The van der Waals surface area contributed by atoms with Crippen LogP contribution in [0.3, 0.4) is 0 Å². The number of fused-ring (bicyclic) bond motifs is 1. The molecule has 0 aliphatic carbocycles. The summed E-state index contributed by atoms with van der Waals surface area (Å²) in [4.78, 5) is 39.3. The van der Waals surface area contributed by atoms with Crippen molar-refractivity contribution in [1.82, 2.24) is 14.9 Å². The van der Waals surface area contributed by atoms with Crippen molar-refractivity contribution in [3.63, 3.8) is 0 Å². The Kier molecular flexibility index (Phi) is 4.90. The van der Waals surface area contributed by atoms with Crippen molar-refractivity contribution in [3.05, 3.63) is 87.7 Å². The summed E-state index contributed by atoms with van der Waals surface area (Å²) in [6.45, 7) is 0. The number of piperidine rings is 1. The lowest BCUT2D eigenvalue weighted by Gasteiger charge is -2.23. The number of aromatic nitrogens is 2. The third-order valence-electron chi connectivity index (χ3n) is 5.77. The standard InChI is InChI=1S/C24H17ClFN3O3/c25-22-13(14-7-8-19(30)28-24(14)32)4-3-5-15(22)21-16-9-10-27-23(16)18(12-17(21)26)29-11-2-1-6-20(29)31/h1-6,9-12,14,27H,7-8H2,(H,28,30,32). The SMILES string of the molecule is O=C1CCC(c2cccc(-c3c(F)cc(-n4ccccc4=O)c4[nH]ccc34)c2Cl)C(=O)N1. The fraction of sp³-hybridized carbons (Fsp3) is 0.125. The molecule has 3 heterocycles. The highest BCUT2D eigenvalue weighted by Crippen LogP contribution is 2.41. The summed E-state index contributed by atoms with van der Waals surface area (Å²) in [6.07, 6.45) is 3.80. The molecule has 0 radical (unpaired) electrons. The van der Waals surface area contributed by atoms with Gasteiger partial charge in [0.15, 0.2) is 0 Å². The zero-order valence-corrected chi connectivity index (χ0v) is 17.4. The number of hydrogen-bond acceptors (Lipinski definition) is 3. The Morgan fingerprint density at radius 2 is 1.91 bits per heavy atom. The predicted octanol–water partition coefficient (Wildman–Crippen LogP) is 4.30. The first-order chi connectivity index (χ1) is 15.5. The zero-order chi connectivity index (χ0) is 22.4. The van der Waals surface area contributed by atoms with Crippen LogP contribution in [0.5, 0.6) is 0 Å². The number of nitrogens with zero attached hydrogens (tertiary/aromatic N) is 1. The van der Waals surface area contributed by atoms with Crippen molar-refractivity contribution < 1.29 is 14.0 Å². The minimum atomic E-state index is -0.591. The molecule has 1 unspecified atom stereocenters. The van der Waals surface area contributed by atoms with Gasteiger partial charge < -0.3 is 4.98 Å². The molecule has 1 fully saturated rings. The van der Waals surface area contributed by atoms with E-state index < -0.39 is 17.6 Å². The lowest BCUT2D eigenvalue weighted by atomic mass is 9.88. The Bertz CT molecular complexity index is 1460. The van der Waals surface area contributed by atoms with Crippen LogP contribution in [-0.2, 0) is 9.59 Å². The zero-order valence-electron chi connectivity index (χ0n) is 16.7. The molecule has 2 aromatic carbocycles. The van der Waals surface area contributed by atoms with Crippen LogP contribution in [0.2, 0.25) is 5.02 Å². The van der Waals surface area contributed by atoms with Gasteiger partial charge in [0.1, 0.15) is 5.82 Å². The molecule has 1 atom stereocenters. The second kappa shape index (κ2) is 7.76. The molecule has 6 nitrogen and oxygen atoms in total. The molecule has 2 amide bonds. The Labute approximate surface area is 186 Å². The van der Waals surface area contributed by atoms with E-state index in [4.69, 9.17) is 11.6 Å². The summed E-state index contributed by atoms with van der Waals surface area (Å²) in [6, 6.07) is 12.9. The molecule has 1 aliphatic heterocycles.